The Morgan fingerprint density at radius 2 is 2.24 bits per heavy atom. The molecule has 3 fully saturated rings. The summed E-state index contributed by atoms with van der Waals surface area (Å²) in [6.07, 6.45) is 6.54. The summed E-state index contributed by atoms with van der Waals surface area (Å²) < 4.78 is 17.6. The Balaban J connectivity index is 1.41. The zero-order chi connectivity index (χ0) is 11.6. The number of rotatable bonds is 3. The smallest absolute Gasteiger partial charge is 0.0933 e. The molecule has 0 radical (unpaired) electrons. The molecule has 0 aromatic rings. The Bertz CT molecular complexity index is 249. The van der Waals surface area contributed by atoms with E-state index in [1.54, 1.807) is 0 Å². The van der Waals surface area contributed by atoms with Gasteiger partial charge < -0.3 is 19.5 Å². The monoisotopic (exact) mass is 241 g/mol. The Hall–Kier alpha value is -0.160. The van der Waals surface area contributed by atoms with Gasteiger partial charge in [0.1, 0.15) is 0 Å². The van der Waals surface area contributed by atoms with Gasteiger partial charge >= 0.3 is 0 Å². The van der Waals surface area contributed by atoms with Gasteiger partial charge in [-0.2, -0.15) is 0 Å². The Kier molecular flexibility index (Phi) is 3.66. The third-order valence-electron chi connectivity index (χ3n) is 4.23. The van der Waals surface area contributed by atoms with Gasteiger partial charge in [-0.3, -0.25) is 0 Å². The van der Waals surface area contributed by atoms with E-state index in [4.69, 9.17) is 14.2 Å². The molecule has 1 spiro atoms. The van der Waals surface area contributed by atoms with Gasteiger partial charge in [-0.15, -0.1) is 0 Å². The molecule has 1 N–H and O–H groups in total. The minimum Gasteiger partial charge on any atom is -0.375 e. The summed E-state index contributed by atoms with van der Waals surface area (Å²) in [6.45, 7) is 4.30. The molecule has 2 atom stereocenters. The molecule has 4 nitrogen and oxygen atoms in total. The van der Waals surface area contributed by atoms with Crippen LogP contribution in [0.5, 0.6) is 0 Å². The van der Waals surface area contributed by atoms with Crippen LogP contribution in [0.3, 0.4) is 0 Å². The molecule has 0 aromatic heterocycles. The zero-order valence-corrected chi connectivity index (χ0v) is 10.5. The summed E-state index contributed by atoms with van der Waals surface area (Å²) >= 11 is 0. The predicted octanol–water partition coefficient (Wildman–Crippen LogP) is 1.09. The van der Waals surface area contributed by atoms with Gasteiger partial charge in [-0.25, -0.2) is 0 Å². The number of morpholine rings is 1. The summed E-state index contributed by atoms with van der Waals surface area (Å²) in [5.41, 5.74) is 0.189. The first kappa shape index (κ1) is 11.9. The summed E-state index contributed by atoms with van der Waals surface area (Å²) in [5, 5.41) is 3.33. The van der Waals surface area contributed by atoms with Crippen LogP contribution in [0, 0.1) is 0 Å². The van der Waals surface area contributed by atoms with Crippen molar-refractivity contribution in [3.05, 3.63) is 0 Å². The summed E-state index contributed by atoms with van der Waals surface area (Å²) in [5.74, 6) is 0. The molecule has 2 heterocycles. The molecule has 4 heteroatoms. The van der Waals surface area contributed by atoms with Crippen LogP contribution in [0.25, 0.3) is 0 Å². The van der Waals surface area contributed by atoms with Crippen molar-refractivity contribution in [2.24, 2.45) is 0 Å². The van der Waals surface area contributed by atoms with Gasteiger partial charge in [0.2, 0.25) is 0 Å². The van der Waals surface area contributed by atoms with E-state index in [1.165, 1.54) is 19.3 Å². The topological polar surface area (TPSA) is 39.7 Å². The van der Waals surface area contributed by atoms with E-state index in [0.717, 1.165) is 45.8 Å². The lowest BCUT2D eigenvalue weighted by molar-refractivity contribution is -0.176. The molecule has 1 saturated carbocycles. The van der Waals surface area contributed by atoms with Crippen LogP contribution in [0.2, 0.25) is 0 Å². The highest BCUT2D eigenvalue weighted by Gasteiger charge is 2.42. The van der Waals surface area contributed by atoms with E-state index < -0.39 is 0 Å². The first-order chi connectivity index (χ1) is 8.36. The van der Waals surface area contributed by atoms with Crippen LogP contribution < -0.4 is 5.32 Å². The summed E-state index contributed by atoms with van der Waals surface area (Å²) in [4.78, 5) is 0. The van der Waals surface area contributed by atoms with Crippen molar-refractivity contribution in [1.82, 2.24) is 5.32 Å². The highest BCUT2D eigenvalue weighted by atomic mass is 16.5. The van der Waals surface area contributed by atoms with Crippen LogP contribution in [0.4, 0.5) is 0 Å². The minimum absolute atomic E-state index is 0.189. The fraction of sp³-hybridized carbons (Fsp3) is 1.00. The van der Waals surface area contributed by atoms with Crippen molar-refractivity contribution < 1.29 is 14.2 Å². The average molecular weight is 241 g/mol. The molecule has 0 bridgehead atoms. The molecular weight excluding hydrogens is 218 g/mol. The minimum atomic E-state index is 0.189. The molecular formula is C13H23NO3. The third-order valence-corrected chi connectivity index (χ3v) is 4.23. The van der Waals surface area contributed by atoms with Crippen LogP contribution in [-0.2, 0) is 14.2 Å². The lowest BCUT2D eigenvalue weighted by atomic mass is 9.74. The summed E-state index contributed by atoms with van der Waals surface area (Å²) in [6, 6.07) is 0. The SMILES string of the molecule is C1CC2(C1)CC(OCC1CNCCO1)CCO2. The van der Waals surface area contributed by atoms with Crippen LogP contribution in [0.1, 0.15) is 32.1 Å². The first-order valence-corrected chi connectivity index (χ1v) is 6.94. The Labute approximate surface area is 103 Å². The van der Waals surface area contributed by atoms with Crippen molar-refractivity contribution in [2.45, 2.75) is 49.9 Å². The number of ether oxygens (including phenoxy) is 3. The first-order valence-electron chi connectivity index (χ1n) is 6.94. The molecule has 3 aliphatic rings. The lowest BCUT2D eigenvalue weighted by Crippen LogP contribution is -2.48. The number of hydrogen-bond donors (Lipinski definition) is 1. The summed E-state index contributed by atoms with van der Waals surface area (Å²) in [7, 11) is 0. The van der Waals surface area contributed by atoms with Crippen molar-refractivity contribution >= 4 is 0 Å². The second-order valence-electron chi connectivity index (χ2n) is 5.53. The van der Waals surface area contributed by atoms with Gasteiger partial charge in [-0.1, -0.05) is 0 Å². The van der Waals surface area contributed by atoms with Crippen molar-refractivity contribution in [3.8, 4) is 0 Å². The van der Waals surface area contributed by atoms with Gasteiger partial charge in [0.05, 0.1) is 31.0 Å². The highest BCUT2D eigenvalue weighted by Crippen LogP contribution is 2.42. The van der Waals surface area contributed by atoms with Gasteiger partial charge in [0.15, 0.2) is 0 Å². The van der Waals surface area contributed by atoms with Gasteiger partial charge in [-0.05, 0) is 25.7 Å². The van der Waals surface area contributed by atoms with Crippen molar-refractivity contribution in [1.29, 1.82) is 0 Å². The normalized spacial score (nSPS) is 36.7. The molecule has 2 aliphatic heterocycles. The average Bonchev–Trinajstić information content (AvgIpc) is 2.36. The van der Waals surface area contributed by atoms with E-state index in [-0.39, 0.29) is 11.7 Å². The molecule has 0 aromatic carbocycles. The maximum absolute atomic E-state index is 6.01. The second kappa shape index (κ2) is 5.22. The van der Waals surface area contributed by atoms with Gasteiger partial charge in [0.25, 0.3) is 0 Å². The third kappa shape index (κ3) is 2.81. The molecule has 98 valence electrons. The molecule has 1 aliphatic carbocycles. The van der Waals surface area contributed by atoms with E-state index in [2.05, 4.69) is 5.32 Å². The van der Waals surface area contributed by atoms with E-state index in [9.17, 15) is 0 Å². The maximum atomic E-state index is 6.01. The molecule has 2 unspecified atom stereocenters. The quantitative estimate of drug-likeness (QED) is 0.803. The fourth-order valence-electron chi connectivity index (χ4n) is 3.01. The molecule has 2 saturated heterocycles. The van der Waals surface area contributed by atoms with E-state index in [0.29, 0.717) is 6.10 Å². The van der Waals surface area contributed by atoms with E-state index >= 15 is 0 Å². The number of hydrogen-bond acceptors (Lipinski definition) is 4. The second-order valence-corrected chi connectivity index (χ2v) is 5.53. The van der Waals surface area contributed by atoms with Crippen LogP contribution in [-0.4, -0.2) is 50.7 Å². The Morgan fingerprint density at radius 3 is 2.94 bits per heavy atom. The Morgan fingerprint density at radius 1 is 1.29 bits per heavy atom. The largest absolute Gasteiger partial charge is 0.375 e. The maximum Gasteiger partial charge on any atom is 0.0933 e. The van der Waals surface area contributed by atoms with Crippen molar-refractivity contribution in [2.75, 3.05) is 32.9 Å². The molecule has 0 amide bonds. The predicted molar refractivity (Wildman–Crippen MR) is 64.1 cm³/mol. The van der Waals surface area contributed by atoms with Gasteiger partial charge in [0, 0.05) is 26.1 Å². The molecule has 3 rings (SSSR count). The zero-order valence-electron chi connectivity index (χ0n) is 10.5. The fourth-order valence-corrected chi connectivity index (χ4v) is 3.01. The highest BCUT2D eigenvalue weighted by molar-refractivity contribution is 4.94. The van der Waals surface area contributed by atoms with Crippen molar-refractivity contribution in [3.63, 3.8) is 0 Å². The van der Waals surface area contributed by atoms with E-state index in [1.807, 2.05) is 0 Å². The standard InChI is InChI=1S/C13H23NO3/c1-3-13(4-1)8-11(2-6-17-13)16-10-12-9-14-5-7-15-12/h11-12,14H,1-10H2. The van der Waals surface area contributed by atoms with Crippen LogP contribution >= 0.6 is 0 Å². The molecule has 17 heavy (non-hydrogen) atoms. The lowest BCUT2D eigenvalue weighted by Gasteiger charge is -2.47. The number of nitrogens with one attached hydrogen (secondary N) is 1. The van der Waals surface area contributed by atoms with Crippen LogP contribution in [0.15, 0.2) is 0 Å².